The van der Waals surface area contributed by atoms with Crippen molar-refractivity contribution in [2.75, 3.05) is 5.32 Å². The minimum absolute atomic E-state index is 0.0743. The SMILES string of the molecule is CCC(CC)(CC(=O)Nc1ccccc1CO)C(=O)O. The van der Waals surface area contributed by atoms with Crippen molar-refractivity contribution in [2.24, 2.45) is 5.41 Å². The van der Waals surface area contributed by atoms with Gasteiger partial charge in [-0.05, 0) is 18.9 Å². The van der Waals surface area contributed by atoms with Crippen LogP contribution in [0.15, 0.2) is 24.3 Å². The second-order valence-corrected chi connectivity index (χ2v) is 4.83. The highest BCUT2D eigenvalue weighted by atomic mass is 16.4. The number of hydrogen-bond acceptors (Lipinski definition) is 3. The lowest BCUT2D eigenvalue weighted by Crippen LogP contribution is -2.34. The zero-order chi connectivity index (χ0) is 15.2. The molecule has 0 fully saturated rings. The normalized spacial score (nSPS) is 11.2. The summed E-state index contributed by atoms with van der Waals surface area (Å²) in [5.74, 6) is -1.30. The molecule has 1 aromatic carbocycles. The van der Waals surface area contributed by atoms with Gasteiger partial charge in [0, 0.05) is 17.7 Å². The zero-order valence-corrected chi connectivity index (χ0v) is 11.8. The maximum atomic E-state index is 12.1. The predicted molar refractivity (Wildman–Crippen MR) is 76.3 cm³/mol. The first-order valence-electron chi connectivity index (χ1n) is 6.71. The molecule has 0 saturated carbocycles. The summed E-state index contributed by atoms with van der Waals surface area (Å²) in [6.45, 7) is 3.36. The Bertz CT molecular complexity index is 481. The number of para-hydroxylation sites is 1. The van der Waals surface area contributed by atoms with Crippen LogP contribution < -0.4 is 5.32 Å². The van der Waals surface area contributed by atoms with Gasteiger partial charge in [0.25, 0.3) is 0 Å². The summed E-state index contributed by atoms with van der Waals surface area (Å²) in [7, 11) is 0. The van der Waals surface area contributed by atoms with E-state index in [9.17, 15) is 19.8 Å². The number of aliphatic carboxylic acids is 1. The average molecular weight is 279 g/mol. The number of aliphatic hydroxyl groups is 1. The molecule has 0 heterocycles. The summed E-state index contributed by atoms with van der Waals surface area (Å²) in [6.07, 6.45) is 0.719. The van der Waals surface area contributed by atoms with E-state index in [1.807, 2.05) is 0 Å². The molecule has 0 aromatic heterocycles. The highest BCUT2D eigenvalue weighted by Gasteiger charge is 2.37. The van der Waals surface area contributed by atoms with E-state index in [1.54, 1.807) is 38.1 Å². The molecule has 0 unspecified atom stereocenters. The lowest BCUT2D eigenvalue weighted by Gasteiger charge is -2.26. The van der Waals surface area contributed by atoms with Crippen LogP contribution in [0.2, 0.25) is 0 Å². The number of benzene rings is 1. The molecule has 110 valence electrons. The van der Waals surface area contributed by atoms with Gasteiger partial charge in [-0.15, -0.1) is 0 Å². The standard InChI is InChI=1S/C15H21NO4/c1-3-15(4-2,14(19)20)9-13(18)16-12-8-6-5-7-11(12)10-17/h5-8,17H,3-4,9-10H2,1-2H3,(H,16,18)(H,19,20). The molecule has 20 heavy (non-hydrogen) atoms. The number of aliphatic hydroxyl groups excluding tert-OH is 1. The van der Waals surface area contributed by atoms with Gasteiger partial charge < -0.3 is 15.5 Å². The van der Waals surface area contributed by atoms with Crippen molar-refractivity contribution in [2.45, 2.75) is 39.7 Å². The van der Waals surface area contributed by atoms with Crippen molar-refractivity contribution in [1.82, 2.24) is 0 Å². The van der Waals surface area contributed by atoms with Crippen LogP contribution in [0.4, 0.5) is 5.69 Å². The molecule has 0 spiro atoms. The summed E-state index contributed by atoms with van der Waals surface area (Å²) < 4.78 is 0. The molecule has 0 aliphatic carbocycles. The fourth-order valence-electron chi connectivity index (χ4n) is 2.16. The fraction of sp³-hybridized carbons (Fsp3) is 0.467. The molecule has 3 N–H and O–H groups in total. The molecule has 1 amide bonds. The Hall–Kier alpha value is -1.88. The molecule has 0 aliphatic heterocycles. The largest absolute Gasteiger partial charge is 0.481 e. The first-order chi connectivity index (χ1) is 9.49. The van der Waals surface area contributed by atoms with Crippen molar-refractivity contribution in [1.29, 1.82) is 0 Å². The van der Waals surface area contributed by atoms with E-state index >= 15 is 0 Å². The molecular formula is C15H21NO4. The lowest BCUT2D eigenvalue weighted by atomic mass is 9.79. The first-order valence-corrected chi connectivity index (χ1v) is 6.71. The number of rotatable bonds is 7. The molecule has 0 radical (unpaired) electrons. The zero-order valence-electron chi connectivity index (χ0n) is 11.8. The third-order valence-electron chi connectivity index (χ3n) is 3.77. The van der Waals surface area contributed by atoms with E-state index in [-0.39, 0.29) is 18.9 Å². The Morgan fingerprint density at radius 1 is 1.20 bits per heavy atom. The number of carbonyl (C=O) groups excluding carboxylic acids is 1. The van der Waals surface area contributed by atoms with Gasteiger partial charge >= 0.3 is 5.97 Å². The van der Waals surface area contributed by atoms with E-state index in [1.165, 1.54) is 0 Å². The van der Waals surface area contributed by atoms with Crippen LogP contribution in [0, 0.1) is 5.41 Å². The Morgan fingerprint density at radius 2 is 1.80 bits per heavy atom. The van der Waals surface area contributed by atoms with Gasteiger partial charge in [-0.1, -0.05) is 32.0 Å². The third kappa shape index (κ3) is 3.57. The van der Waals surface area contributed by atoms with Crippen LogP contribution in [0.1, 0.15) is 38.7 Å². The summed E-state index contributed by atoms with van der Waals surface area (Å²) in [4.78, 5) is 23.4. The molecule has 1 rings (SSSR count). The molecular weight excluding hydrogens is 258 g/mol. The Labute approximate surface area is 118 Å². The summed E-state index contributed by atoms with van der Waals surface area (Å²) in [5, 5.41) is 21.2. The van der Waals surface area contributed by atoms with Gasteiger partial charge in [-0.25, -0.2) is 0 Å². The first kappa shape index (κ1) is 16.2. The molecule has 0 aliphatic rings. The van der Waals surface area contributed by atoms with Crippen LogP contribution in [-0.2, 0) is 16.2 Å². The molecule has 0 saturated heterocycles. The maximum Gasteiger partial charge on any atom is 0.310 e. The third-order valence-corrected chi connectivity index (χ3v) is 3.77. The maximum absolute atomic E-state index is 12.1. The van der Waals surface area contributed by atoms with Gasteiger partial charge in [-0.3, -0.25) is 9.59 Å². The fourth-order valence-corrected chi connectivity index (χ4v) is 2.16. The summed E-state index contributed by atoms with van der Waals surface area (Å²) >= 11 is 0. The number of anilines is 1. The smallest absolute Gasteiger partial charge is 0.310 e. The summed E-state index contributed by atoms with van der Waals surface area (Å²) in [6, 6.07) is 6.91. The van der Waals surface area contributed by atoms with E-state index in [0.29, 0.717) is 24.1 Å². The van der Waals surface area contributed by atoms with E-state index < -0.39 is 11.4 Å². The van der Waals surface area contributed by atoms with Crippen molar-refractivity contribution >= 4 is 17.6 Å². The van der Waals surface area contributed by atoms with Gasteiger partial charge in [0.2, 0.25) is 5.91 Å². The Balaban J connectivity index is 2.84. The minimum atomic E-state index is -1.03. The minimum Gasteiger partial charge on any atom is -0.481 e. The highest BCUT2D eigenvalue weighted by Crippen LogP contribution is 2.31. The van der Waals surface area contributed by atoms with Crippen molar-refractivity contribution < 1.29 is 19.8 Å². The number of hydrogen-bond donors (Lipinski definition) is 3. The van der Waals surface area contributed by atoms with Crippen molar-refractivity contribution in [3.05, 3.63) is 29.8 Å². The Morgan fingerprint density at radius 3 is 2.30 bits per heavy atom. The van der Waals surface area contributed by atoms with E-state index in [0.717, 1.165) is 0 Å². The second kappa shape index (κ2) is 7.05. The van der Waals surface area contributed by atoms with Crippen LogP contribution in [0.5, 0.6) is 0 Å². The average Bonchev–Trinajstić information content (AvgIpc) is 2.45. The van der Waals surface area contributed by atoms with Crippen molar-refractivity contribution in [3.63, 3.8) is 0 Å². The van der Waals surface area contributed by atoms with Gasteiger partial charge in [0.05, 0.1) is 12.0 Å². The molecule has 0 atom stereocenters. The number of carboxylic acids is 1. The summed E-state index contributed by atoms with van der Waals surface area (Å²) in [5.41, 5.74) is 0.0967. The second-order valence-electron chi connectivity index (χ2n) is 4.83. The topological polar surface area (TPSA) is 86.6 Å². The number of carboxylic acid groups (broad SMARTS) is 1. The van der Waals surface area contributed by atoms with E-state index in [2.05, 4.69) is 5.32 Å². The van der Waals surface area contributed by atoms with Crippen molar-refractivity contribution in [3.8, 4) is 0 Å². The number of nitrogens with one attached hydrogen (secondary N) is 1. The van der Waals surface area contributed by atoms with Crippen LogP contribution >= 0.6 is 0 Å². The van der Waals surface area contributed by atoms with Crippen LogP contribution in [0.3, 0.4) is 0 Å². The van der Waals surface area contributed by atoms with Crippen LogP contribution in [0.25, 0.3) is 0 Å². The van der Waals surface area contributed by atoms with E-state index in [4.69, 9.17) is 0 Å². The Kier molecular flexibility index (Phi) is 5.70. The predicted octanol–water partition coefficient (Wildman–Crippen LogP) is 2.40. The highest BCUT2D eigenvalue weighted by molar-refractivity contribution is 5.94. The van der Waals surface area contributed by atoms with Gasteiger partial charge in [0.1, 0.15) is 0 Å². The number of carbonyl (C=O) groups is 2. The lowest BCUT2D eigenvalue weighted by molar-refractivity contribution is -0.151. The molecule has 5 heteroatoms. The van der Waals surface area contributed by atoms with Gasteiger partial charge in [0.15, 0.2) is 0 Å². The monoisotopic (exact) mass is 279 g/mol. The quantitative estimate of drug-likeness (QED) is 0.715. The number of amides is 1. The molecule has 0 bridgehead atoms. The van der Waals surface area contributed by atoms with Gasteiger partial charge in [-0.2, -0.15) is 0 Å². The van der Waals surface area contributed by atoms with Crippen LogP contribution in [-0.4, -0.2) is 22.1 Å². The molecule has 5 nitrogen and oxygen atoms in total. The molecule has 1 aromatic rings.